The highest BCUT2D eigenvalue weighted by Crippen LogP contribution is 2.57. The number of amides is 2. The molecular weight excluding hydrogens is 532 g/mol. The Labute approximate surface area is 247 Å². The zero-order valence-electron chi connectivity index (χ0n) is 24.3. The number of likely N-dealkylation sites (tertiary alicyclic amines) is 1. The van der Waals surface area contributed by atoms with E-state index in [1.165, 1.54) is 0 Å². The fourth-order valence-corrected chi connectivity index (χ4v) is 8.22. The van der Waals surface area contributed by atoms with Crippen molar-refractivity contribution < 1.29 is 19.1 Å². The van der Waals surface area contributed by atoms with E-state index in [4.69, 9.17) is 4.74 Å². The Morgan fingerprint density at radius 3 is 2.66 bits per heavy atom. The number of Topliss-reactive ketones (excluding diaryl/α,β-unsaturated/α-hetero) is 1. The molecule has 3 heterocycles. The van der Waals surface area contributed by atoms with E-state index in [9.17, 15) is 14.4 Å². The van der Waals surface area contributed by atoms with Crippen molar-refractivity contribution in [2.24, 2.45) is 23.7 Å². The summed E-state index contributed by atoms with van der Waals surface area (Å²) < 4.78 is 6.60. The van der Waals surface area contributed by atoms with Crippen molar-refractivity contribution in [3.63, 3.8) is 0 Å². The molecule has 1 N–H and O–H groups in total. The topological polar surface area (TPSA) is 75.7 Å². The van der Waals surface area contributed by atoms with Crippen LogP contribution in [0, 0.1) is 23.7 Å². The van der Waals surface area contributed by atoms with Crippen LogP contribution in [-0.4, -0.2) is 52.5 Å². The first kappa shape index (κ1) is 28.2. The molecule has 6 nitrogen and oxygen atoms in total. The predicted molar refractivity (Wildman–Crippen MR) is 160 cm³/mol. The molecule has 3 fully saturated rings. The smallest absolute Gasteiger partial charge is 0.246 e. The van der Waals surface area contributed by atoms with Gasteiger partial charge < -0.3 is 15.0 Å². The van der Waals surface area contributed by atoms with E-state index in [1.807, 2.05) is 79.9 Å². The van der Waals surface area contributed by atoms with Crippen LogP contribution in [0.15, 0.2) is 71.6 Å². The second kappa shape index (κ2) is 11.1. The average molecular weight is 573 g/mol. The van der Waals surface area contributed by atoms with Crippen LogP contribution in [0.25, 0.3) is 0 Å². The van der Waals surface area contributed by atoms with Crippen molar-refractivity contribution in [1.29, 1.82) is 0 Å². The molecule has 2 amide bonds. The number of nitrogens with one attached hydrogen (secondary N) is 1. The Balaban J connectivity index is 1.35. The number of benzene rings is 2. The lowest BCUT2D eigenvalue weighted by Gasteiger charge is -2.39. The third-order valence-electron chi connectivity index (χ3n) is 10.2. The molecule has 2 saturated heterocycles. The molecule has 9 atom stereocenters. The van der Waals surface area contributed by atoms with Crippen molar-refractivity contribution in [2.75, 3.05) is 6.26 Å². The fraction of sp³-hybridized carbons (Fsp3) is 0.500. The molecule has 2 aromatic rings. The van der Waals surface area contributed by atoms with Crippen molar-refractivity contribution in [1.82, 2.24) is 10.2 Å². The molecular formula is C34H40N2O4S. The number of nitrogens with zero attached hydrogens (tertiary/aromatic N) is 1. The van der Waals surface area contributed by atoms with Crippen molar-refractivity contribution in [2.45, 2.75) is 81.2 Å². The number of ketones is 1. The first-order valence-corrected chi connectivity index (χ1v) is 16.2. The van der Waals surface area contributed by atoms with Crippen LogP contribution in [0.1, 0.15) is 57.2 Å². The summed E-state index contributed by atoms with van der Waals surface area (Å²) in [4.78, 5) is 45.5. The number of ether oxygens (including phenoxy) is 1. The monoisotopic (exact) mass is 572 g/mol. The summed E-state index contributed by atoms with van der Waals surface area (Å²) in [6, 6.07) is 16.6. The maximum Gasteiger partial charge on any atom is 0.246 e. The highest BCUT2D eigenvalue weighted by atomic mass is 32.2. The minimum Gasteiger partial charge on any atom is -0.359 e. The molecule has 3 aliphatic heterocycles. The summed E-state index contributed by atoms with van der Waals surface area (Å²) >= 11 is 1.64. The molecule has 2 bridgehead atoms. The molecule has 1 spiro atoms. The number of fused-ring (bicyclic) bond motifs is 1. The van der Waals surface area contributed by atoms with Gasteiger partial charge in [-0.1, -0.05) is 81.3 Å². The number of thioether (sulfide) groups is 1. The SMILES string of the molecule is CSc1cccc(CC(=O)C2C3C=CC4(O3)C2C(=O)N(C(C)c2ccccc2)C4C(=O)NC2CCCC(C)C2C)c1. The Bertz CT molecular complexity index is 1360. The standard InChI is InChI=1S/C34H40N2O4S/c1-20-10-8-15-26(21(20)2)35-32(38)31-34-17-16-28(40-34)29(27(37)19-23-11-9-14-25(18-23)41-4)30(34)33(39)36(31)22(3)24-12-6-5-7-13-24/h5-7,9,11-14,16-18,20-22,26,28-31H,8,10,15,19H2,1-4H3,(H,35,38). The molecule has 6 rings (SSSR count). The maximum atomic E-state index is 14.5. The van der Waals surface area contributed by atoms with Crippen LogP contribution < -0.4 is 5.32 Å². The third-order valence-corrected chi connectivity index (χ3v) is 10.9. The van der Waals surface area contributed by atoms with E-state index >= 15 is 0 Å². The molecule has 7 heteroatoms. The lowest BCUT2D eigenvalue weighted by Crippen LogP contribution is -2.58. The Morgan fingerprint density at radius 1 is 1.12 bits per heavy atom. The minimum absolute atomic E-state index is 0.0130. The van der Waals surface area contributed by atoms with Gasteiger partial charge in [0.25, 0.3) is 0 Å². The summed E-state index contributed by atoms with van der Waals surface area (Å²) in [5.41, 5.74) is 0.724. The van der Waals surface area contributed by atoms with Crippen LogP contribution in [0.2, 0.25) is 0 Å². The van der Waals surface area contributed by atoms with Gasteiger partial charge in [-0.15, -0.1) is 11.8 Å². The zero-order chi connectivity index (χ0) is 28.9. The first-order chi connectivity index (χ1) is 19.7. The molecule has 9 unspecified atom stereocenters. The first-order valence-electron chi connectivity index (χ1n) is 15.0. The molecule has 41 heavy (non-hydrogen) atoms. The highest BCUT2D eigenvalue weighted by molar-refractivity contribution is 7.98. The fourth-order valence-electron chi connectivity index (χ4n) is 7.73. The van der Waals surface area contributed by atoms with Crippen molar-refractivity contribution in [3.8, 4) is 0 Å². The molecule has 2 aromatic carbocycles. The van der Waals surface area contributed by atoms with Crippen molar-refractivity contribution >= 4 is 29.4 Å². The van der Waals surface area contributed by atoms with E-state index in [2.05, 4.69) is 19.2 Å². The van der Waals surface area contributed by atoms with Crippen molar-refractivity contribution in [3.05, 3.63) is 77.9 Å². The Hall–Kier alpha value is -2.90. The second-order valence-corrected chi connectivity index (χ2v) is 13.3. The van der Waals surface area contributed by atoms with E-state index < -0.39 is 29.6 Å². The van der Waals surface area contributed by atoms with Gasteiger partial charge in [0.1, 0.15) is 17.4 Å². The summed E-state index contributed by atoms with van der Waals surface area (Å²) in [6.07, 6.45) is 8.73. The average Bonchev–Trinajstić information content (AvgIpc) is 3.63. The van der Waals surface area contributed by atoms with Crippen LogP contribution in [0.4, 0.5) is 0 Å². The van der Waals surface area contributed by atoms with Gasteiger partial charge in [0.15, 0.2) is 0 Å². The van der Waals surface area contributed by atoms with Crippen LogP contribution >= 0.6 is 11.8 Å². The number of carbonyl (C=O) groups is 3. The molecule has 1 aliphatic carbocycles. The van der Waals surface area contributed by atoms with Gasteiger partial charge in [-0.05, 0) is 54.7 Å². The van der Waals surface area contributed by atoms with E-state index in [1.54, 1.807) is 16.7 Å². The Kier molecular flexibility index (Phi) is 7.62. The lowest BCUT2D eigenvalue weighted by molar-refractivity contribution is -0.144. The van der Waals surface area contributed by atoms with E-state index in [-0.39, 0.29) is 36.1 Å². The van der Waals surface area contributed by atoms with Gasteiger partial charge in [0, 0.05) is 17.4 Å². The summed E-state index contributed by atoms with van der Waals surface area (Å²) in [5, 5.41) is 3.35. The molecule has 1 saturated carbocycles. The van der Waals surface area contributed by atoms with Gasteiger partial charge in [0.05, 0.1) is 24.0 Å². The highest BCUT2D eigenvalue weighted by Gasteiger charge is 2.73. The molecule has 216 valence electrons. The summed E-state index contributed by atoms with van der Waals surface area (Å²) in [5.74, 6) is -0.840. The lowest BCUT2D eigenvalue weighted by atomic mass is 9.72. The zero-order valence-corrected chi connectivity index (χ0v) is 25.1. The number of rotatable bonds is 8. The number of hydrogen-bond acceptors (Lipinski definition) is 5. The number of carbonyl (C=O) groups excluding carboxylic acids is 3. The summed E-state index contributed by atoms with van der Waals surface area (Å²) in [6.45, 7) is 6.42. The maximum absolute atomic E-state index is 14.5. The third kappa shape index (κ3) is 4.75. The summed E-state index contributed by atoms with van der Waals surface area (Å²) in [7, 11) is 0. The van der Waals surface area contributed by atoms with E-state index in [0.717, 1.165) is 35.3 Å². The molecule has 0 aromatic heterocycles. The van der Waals surface area contributed by atoms with E-state index in [0.29, 0.717) is 11.8 Å². The second-order valence-electron chi connectivity index (χ2n) is 12.4. The Morgan fingerprint density at radius 2 is 1.90 bits per heavy atom. The largest absolute Gasteiger partial charge is 0.359 e. The molecule has 4 aliphatic rings. The van der Waals surface area contributed by atoms with Gasteiger partial charge in [-0.2, -0.15) is 0 Å². The minimum atomic E-state index is -1.15. The van der Waals surface area contributed by atoms with Gasteiger partial charge in [0.2, 0.25) is 11.8 Å². The molecule has 0 radical (unpaired) electrons. The predicted octanol–water partition coefficient (Wildman–Crippen LogP) is 5.37. The quantitative estimate of drug-likeness (QED) is 0.340. The van der Waals surface area contributed by atoms with Crippen LogP contribution in [0.5, 0.6) is 0 Å². The normalized spacial score (nSPS) is 34.5. The van der Waals surface area contributed by atoms with Crippen LogP contribution in [0.3, 0.4) is 0 Å². The van der Waals surface area contributed by atoms with Crippen LogP contribution in [-0.2, 0) is 25.5 Å². The van der Waals surface area contributed by atoms with Gasteiger partial charge >= 0.3 is 0 Å². The van der Waals surface area contributed by atoms with Gasteiger partial charge in [-0.3, -0.25) is 14.4 Å². The number of hydrogen-bond donors (Lipinski definition) is 1. The van der Waals surface area contributed by atoms with Gasteiger partial charge in [-0.25, -0.2) is 0 Å².